The van der Waals surface area contributed by atoms with Gasteiger partial charge < -0.3 is 14.6 Å². The van der Waals surface area contributed by atoms with Crippen LogP contribution in [0.2, 0.25) is 0 Å². The van der Waals surface area contributed by atoms with Crippen LogP contribution in [0.15, 0.2) is 34.9 Å². The zero-order valence-corrected chi connectivity index (χ0v) is 11.4. The van der Waals surface area contributed by atoms with E-state index in [4.69, 9.17) is 9.26 Å². The van der Waals surface area contributed by atoms with E-state index in [0.717, 1.165) is 30.9 Å². The lowest BCUT2D eigenvalue weighted by Crippen LogP contribution is -2.28. The van der Waals surface area contributed by atoms with Crippen LogP contribution >= 0.6 is 0 Å². The van der Waals surface area contributed by atoms with E-state index in [1.165, 1.54) is 6.42 Å². The molecule has 5 heteroatoms. The fourth-order valence-electron chi connectivity index (χ4n) is 2.40. The summed E-state index contributed by atoms with van der Waals surface area (Å²) in [6, 6.07) is 10.1. The maximum absolute atomic E-state index is 5.59. The predicted molar refractivity (Wildman–Crippen MR) is 74.1 cm³/mol. The van der Waals surface area contributed by atoms with Crippen molar-refractivity contribution in [2.75, 3.05) is 13.1 Å². The Morgan fingerprint density at radius 1 is 1.25 bits per heavy atom. The zero-order valence-electron chi connectivity index (χ0n) is 11.4. The highest BCUT2D eigenvalue weighted by Gasteiger charge is 2.20. The summed E-state index contributed by atoms with van der Waals surface area (Å²) in [5, 5.41) is 7.41. The van der Waals surface area contributed by atoms with E-state index in [1.807, 2.05) is 30.3 Å². The Balaban J connectivity index is 1.50. The molecule has 20 heavy (non-hydrogen) atoms. The van der Waals surface area contributed by atoms with Crippen molar-refractivity contribution in [1.29, 1.82) is 0 Å². The Kier molecular flexibility index (Phi) is 4.40. The Labute approximate surface area is 118 Å². The molecule has 0 amide bonds. The molecule has 106 valence electrons. The summed E-state index contributed by atoms with van der Waals surface area (Å²) in [6.07, 6.45) is 2.29. The maximum atomic E-state index is 5.59. The van der Waals surface area contributed by atoms with Crippen molar-refractivity contribution in [3.63, 3.8) is 0 Å². The molecule has 1 saturated heterocycles. The lowest BCUT2D eigenvalue weighted by atomic mass is 9.99. The molecule has 1 aliphatic rings. The van der Waals surface area contributed by atoms with Crippen molar-refractivity contribution >= 4 is 0 Å². The Hall–Kier alpha value is -1.72. The second-order valence-corrected chi connectivity index (χ2v) is 5.07. The quantitative estimate of drug-likeness (QED) is 0.905. The molecule has 1 aliphatic heterocycles. The molecule has 1 aromatic heterocycles. The van der Waals surface area contributed by atoms with Crippen LogP contribution < -0.4 is 5.32 Å². The van der Waals surface area contributed by atoms with Crippen LogP contribution in [0, 0.1) is 0 Å². The maximum Gasteiger partial charge on any atom is 0.252 e. The highest BCUT2D eigenvalue weighted by atomic mass is 16.5. The third-order valence-corrected chi connectivity index (χ3v) is 3.48. The van der Waals surface area contributed by atoms with Gasteiger partial charge in [-0.05, 0) is 24.9 Å². The van der Waals surface area contributed by atoms with E-state index >= 15 is 0 Å². The molecule has 2 aromatic rings. The fraction of sp³-hybridized carbons (Fsp3) is 0.467. The first-order chi connectivity index (χ1) is 9.92. The lowest BCUT2D eigenvalue weighted by Gasteiger charge is -2.19. The van der Waals surface area contributed by atoms with Crippen LogP contribution in [0.5, 0.6) is 0 Å². The number of ether oxygens (including phenoxy) is 1. The van der Waals surface area contributed by atoms with Crippen molar-refractivity contribution in [3.8, 4) is 0 Å². The van der Waals surface area contributed by atoms with Gasteiger partial charge in [0.1, 0.15) is 6.61 Å². The zero-order chi connectivity index (χ0) is 13.6. The van der Waals surface area contributed by atoms with E-state index < -0.39 is 0 Å². The minimum absolute atomic E-state index is 0.363. The third-order valence-electron chi connectivity index (χ3n) is 3.48. The van der Waals surface area contributed by atoms with Crippen LogP contribution in [0.4, 0.5) is 0 Å². The molecule has 0 aliphatic carbocycles. The molecule has 3 rings (SSSR count). The van der Waals surface area contributed by atoms with Gasteiger partial charge in [0.05, 0.1) is 6.61 Å². The van der Waals surface area contributed by atoms with Gasteiger partial charge in [0.15, 0.2) is 5.82 Å². The van der Waals surface area contributed by atoms with Gasteiger partial charge in [0, 0.05) is 12.5 Å². The van der Waals surface area contributed by atoms with Gasteiger partial charge in [0.25, 0.3) is 5.89 Å². The van der Waals surface area contributed by atoms with Gasteiger partial charge in [-0.1, -0.05) is 35.5 Å². The number of aromatic nitrogens is 2. The Morgan fingerprint density at radius 2 is 2.15 bits per heavy atom. The smallest absolute Gasteiger partial charge is 0.252 e. The summed E-state index contributed by atoms with van der Waals surface area (Å²) in [7, 11) is 0. The monoisotopic (exact) mass is 273 g/mol. The minimum atomic E-state index is 0.363. The first-order valence-corrected chi connectivity index (χ1v) is 7.06. The van der Waals surface area contributed by atoms with Crippen LogP contribution in [-0.4, -0.2) is 23.2 Å². The van der Waals surface area contributed by atoms with Gasteiger partial charge >= 0.3 is 0 Å². The highest BCUT2D eigenvalue weighted by Crippen LogP contribution is 2.20. The topological polar surface area (TPSA) is 60.2 Å². The summed E-state index contributed by atoms with van der Waals surface area (Å²) in [5.41, 5.74) is 1.14. The lowest BCUT2D eigenvalue weighted by molar-refractivity contribution is 0.0850. The van der Waals surface area contributed by atoms with Gasteiger partial charge in [-0.15, -0.1) is 0 Å². The predicted octanol–water partition coefficient (Wildman–Crippen LogP) is 2.25. The molecule has 1 fully saturated rings. The van der Waals surface area contributed by atoms with Crippen molar-refractivity contribution < 1.29 is 9.26 Å². The number of hydrogen-bond donors (Lipinski definition) is 1. The molecule has 1 N–H and O–H groups in total. The molecule has 1 atom stereocenters. The highest BCUT2D eigenvalue weighted by molar-refractivity contribution is 5.13. The summed E-state index contributed by atoms with van der Waals surface area (Å²) in [4.78, 5) is 4.42. The van der Waals surface area contributed by atoms with E-state index in [9.17, 15) is 0 Å². The Morgan fingerprint density at radius 3 is 2.95 bits per heavy atom. The standard InChI is InChI=1S/C15H19N3O2/c1-2-5-12(6-3-1)10-19-11-14-17-15(18-20-14)13-7-4-8-16-9-13/h1-3,5-6,13,16H,4,7-11H2/t13-/m1/s1. The molecule has 0 spiro atoms. The van der Waals surface area contributed by atoms with E-state index in [2.05, 4.69) is 15.5 Å². The summed E-state index contributed by atoms with van der Waals surface area (Å²) in [6.45, 7) is 2.94. The van der Waals surface area contributed by atoms with Crippen LogP contribution in [0.1, 0.15) is 36.0 Å². The Bertz CT molecular complexity index is 521. The largest absolute Gasteiger partial charge is 0.367 e. The number of rotatable bonds is 5. The van der Waals surface area contributed by atoms with Gasteiger partial charge in [0.2, 0.25) is 0 Å². The van der Waals surface area contributed by atoms with Crippen molar-refractivity contribution in [2.45, 2.75) is 32.0 Å². The summed E-state index contributed by atoms with van der Waals surface area (Å²) < 4.78 is 10.8. The SMILES string of the molecule is c1ccc(COCc2nc([C@@H]3CCCNC3)no2)cc1. The van der Waals surface area contributed by atoms with E-state index in [0.29, 0.717) is 25.0 Å². The average molecular weight is 273 g/mol. The van der Waals surface area contributed by atoms with E-state index in [1.54, 1.807) is 0 Å². The van der Waals surface area contributed by atoms with E-state index in [-0.39, 0.29) is 0 Å². The molecule has 2 heterocycles. The number of nitrogens with one attached hydrogen (secondary N) is 1. The van der Waals surface area contributed by atoms with Gasteiger partial charge in [-0.25, -0.2) is 0 Å². The number of piperidine rings is 1. The first-order valence-electron chi connectivity index (χ1n) is 7.06. The van der Waals surface area contributed by atoms with Crippen molar-refractivity contribution in [1.82, 2.24) is 15.5 Å². The summed E-state index contributed by atoms with van der Waals surface area (Å²) in [5.74, 6) is 1.73. The van der Waals surface area contributed by atoms with Crippen molar-refractivity contribution in [2.24, 2.45) is 0 Å². The van der Waals surface area contributed by atoms with Crippen molar-refractivity contribution in [3.05, 3.63) is 47.6 Å². The number of nitrogens with zero attached hydrogens (tertiary/aromatic N) is 2. The second-order valence-electron chi connectivity index (χ2n) is 5.07. The van der Waals surface area contributed by atoms with Crippen LogP contribution in [0.25, 0.3) is 0 Å². The molecular weight excluding hydrogens is 254 g/mol. The molecule has 1 aromatic carbocycles. The second kappa shape index (κ2) is 6.63. The first kappa shape index (κ1) is 13.3. The van der Waals surface area contributed by atoms with Gasteiger partial charge in [-0.3, -0.25) is 0 Å². The minimum Gasteiger partial charge on any atom is -0.367 e. The molecule has 0 radical (unpaired) electrons. The number of benzene rings is 1. The van der Waals surface area contributed by atoms with Crippen LogP contribution in [-0.2, 0) is 18.0 Å². The van der Waals surface area contributed by atoms with Crippen LogP contribution in [0.3, 0.4) is 0 Å². The molecule has 0 saturated carbocycles. The fourth-order valence-corrected chi connectivity index (χ4v) is 2.40. The summed E-state index contributed by atoms with van der Waals surface area (Å²) >= 11 is 0. The third kappa shape index (κ3) is 3.43. The molecule has 0 bridgehead atoms. The van der Waals surface area contributed by atoms with Gasteiger partial charge in [-0.2, -0.15) is 4.98 Å². The molecule has 0 unspecified atom stereocenters. The normalized spacial score (nSPS) is 19.1. The number of hydrogen-bond acceptors (Lipinski definition) is 5. The average Bonchev–Trinajstić information content (AvgIpc) is 2.98. The molecule has 5 nitrogen and oxygen atoms in total. The molecular formula is C15H19N3O2.